The van der Waals surface area contributed by atoms with E-state index < -0.39 is 17.8 Å². The zero-order valence-corrected chi connectivity index (χ0v) is 11.2. The van der Waals surface area contributed by atoms with E-state index in [1.165, 1.54) is 17.0 Å². The Morgan fingerprint density at radius 1 is 1.40 bits per heavy atom. The summed E-state index contributed by atoms with van der Waals surface area (Å²) in [7, 11) is 0. The molecule has 2 N–H and O–H groups in total. The third-order valence-corrected chi connectivity index (χ3v) is 3.32. The van der Waals surface area contributed by atoms with E-state index in [9.17, 15) is 18.0 Å². The quantitative estimate of drug-likeness (QED) is 0.924. The highest BCUT2D eigenvalue weighted by atomic mass is 19.4. The molecule has 0 aromatic heterocycles. The van der Waals surface area contributed by atoms with Crippen molar-refractivity contribution in [3.05, 3.63) is 35.4 Å². The highest BCUT2D eigenvalue weighted by molar-refractivity contribution is 5.81. The van der Waals surface area contributed by atoms with Gasteiger partial charge in [-0.1, -0.05) is 18.2 Å². The fourth-order valence-electron chi connectivity index (χ4n) is 2.15. The lowest BCUT2D eigenvalue weighted by atomic mass is 10.1. The summed E-state index contributed by atoms with van der Waals surface area (Å²) in [6, 6.07) is 4.67. The van der Waals surface area contributed by atoms with E-state index in [4.69, 9.17) is 5.73 Å². The first-order valence-electron chi connectivity index (χ1n) is 6.52. The van der Waals surface area contributed by atoms with Gasteiger partial charge in [0.05, 0.1) is 11.6 Å². The number of carbonyl (C=O) groups excluding carboxylic acids is 1. The molecule has 1 saturated carbocycles. The molecule has 0 spiro atoms. The number of rotatable bonds is 4. The third-order valence-electron chi connectivity index (χ3n) is 3.32. The summed E-state index contributed by atoms with van der Waals surface area (Å²) in [6.45, 7) is 1.51. The molecule has 2 rings (SSSR count). The Labute approximate surface area is 115 Å². The number of nitrogens with two attached hydrogens (primary N) is 1. The zero-order chi connectivity index (χ0) is 14.9. The molecular weight excluding hydrogens is 269 g/mol. The van der Waals surface area contributed by atoms with Crippen LogP contribution in [0.25, 0.3) is 0 Å². The molecule has 1 aliphatic rings. The highest BCUT2D eigenvalue weighted by Gasteiger charge is 2.37. The lowest BCUT2D eigenvalue weighted by molar-refractivity contribution is -0.140. The number of halogens is 3. The lowest BCUT2D eigenvalue weighted by Crippen LogP contribution is -2.43. The number of carbonyl (C=O) groups is 1. The molecule has 1 aromatic rings. The average Bonchev–Trinajstić information content (AvgIpc) is 3.18. The van der Waals surface area contributed by atoms with Crippen LogP contribution in [0, 0.1) is 0 Å². The molecule has 1 aliphatic carbocycles. The zero-order valence-electron chi connectivity index (χ0n) is 11.2. The van der Waals surface area contributed by atoms with Gasteiger partial charge in [0.2, 0.25) is 5.91 Å². The lowest BCUT2D eigenvalue weighted by Gasteiger charge is -2.26. The van der Waals surface area contributed by atoms with Crippen LogP contribution in [-0.4, -0.2) is 22.9 Å². The summed E-state index contributed by atoms with van der Waals surface area (Å²) in [5.41, 5.74) is 4.99. The van der Waals surface area contributed by atoms with Crippen LogP contribution in [0.15, 0.2) is 24.3 Å². The van der Waals surface area contributed by atoms with Crippen LogP contribution in [0.2, 0.25) is 0 Å². The van der Waals surface area contributed by atoms with Crippen LogP contribution in [0.4, 0.5) is 13.2 Å². The van der Waals surface area contributed by atoms with Gasteiger partial charge in [0.15, 0.2) is 0 Å². The minimum atomic E-state index is -4.41. The van der Waals surface area contributed by atoms with Crippen LogP contribution >= 0.6 is 0 Å². The number of nitrogens with zero attached hydrogens (tertiary/aromatic N) is 1. The van der Waals surface area contributed by atoms with Gasteiger partial charge in [-0.15, -0.1) is 0 Å². The molecule has 0 radical (unpaired) electrons. The van der Waals surface area contributed by atoms with Crippen molar-refractivity contribution in [3.8, 4) is 0 Å². The number of hydrogen-bond acceptors (Lipinski definition) is 2. The van der Waals surface area contributed by atoms with E-state index in [1.54, 1.807) is 13.0 Å². The second kappa shape index (κ2) is 5.44. The SMILES string of the molecule is C[C@@H](N)C(=O)N(Cc1ccccc1C(F)(F)F)C1CC1. The van der Waals surface area contributed by atoms with Crippen LogP contribution in [0.1, 0.15) is 30.9 Å². The van der Waals surface area contributed by atoms with E-state index in [1.807, 2.05) is 0 Å². The van der Waals surface area contributed by atoms with Crippen molar-refractivity contribution in [2.45, 2.75) is 44.6 Å². The van der Waals surface area contributed by atoms with Gasteiger partial charge in [-0.05, 0) is 31.4 Å². The van der Waals surface area contributed by atoms with Crippen molar-refractivity contribution in [1.29, 1.82) is 0 Å². The van der Waals surface area contributed by atoms with Crippen LogP contribution < -0.4 is 5.73 Å². The smallest absolute Gasteiger partial charge is 0.334 e. The number of benzene rings is 1. The van der Waals surface area contributed by atoms with Crippen LogP contribution in [0.5, 0.6) is 0 Å². The van der Waals surface area contributed by atoms with Gasteiger partial charge in [-0.25, -0.2) is 0 Å². The van der Waals surface area contributed by atoms with E-state index >= 15 is 0 Å². The molecule has 1 atom stereocenters. The van der Waals surface area contributed by atoms with Gasteiger partial charge in [-0.3, -0.25) is 4.79 Å². The molecule has 0 unspecified atom stereocenters. The first-order chi connectivity index (χ1) is 9.30. The molecular formula is C14H17F3N2O. The minimum Gasteiger partial charge on any atom is -0.334 e. The number of alkyl halides is 3. The number of amides is 1. The summed E-state index contributed by atoms with van der Waals surface area (Å²) in [5, 5.41) is 0. The Balaban J connectivity index is 2.25. The van der Waals surface area contributed by atoms with E-state index in [0.717, 1.165) is 18.9 Å². The van der Waals surface area contributed by atoms with Gasteiger partial charge < -0.3 is 10.6 Å². The summed E-state index contributed by atoms with van der Waals surface area (Å²) < 4.78 is 38.8. The second-order valence-corrected chi connectivity index (χ2v) is 5.14. The predicted octanol–water partition coefficient (Wildman–Crippen LogP) is 2.54. The maximum atomic E-state index is 12.9. The molecule has 6 heteroatoms. The second-order valence-electron chi connectivity index (χ2n) is 5.14. The van der Waals surface area contributed by atoms with E-state index in [-0.39, 0.29) is 24.1 Å². The molecule has 1 amide bonds. The van der Waals surface area contributed by atoms with Crippen molar-refractivity contribution < 1.29 is 18.0 Å². The molecule has 20 heavy (non-hydrogen) atoms. The van der Waals surface area contributed by atoms with Gasteiger partial charge in [0, 0.05) is 12.6 Å². The Bertz CT molecular complexity index is 495. The van der Waals surface area contributed by atoms with Crippen LogP contribution in [0.3, 0.4) is 0 Å². The van der Waals surface area contributed by atoms with Crippen molar-refractivity contribution >= 4 is 5.91 Å². The fraction of sp³-hybridized carbons (Fsp3) is 0.500. The van der Waals surface area contributed by atoms with Crippen molar-refractivity contribution in [2.75, 3.05) is 0 Å². The first-order valence-corrected chi connectivity index (χ1v) is 6.52. The first kappa shape index (κ1) is 14.8. The van der Waals surface area contributed by atoms with E-state index in [2.05, 4.69) is 0 Å². The minimum absolute atomic E-state index is 0.0230. The molecule has 1 aromatic carbocycles. The third kappa shape index (κ3) is 3.30. The summed E-state index contributed by atoms with van der Waals surface area (Å²) in [4.78, 5) is 13.5. The molecule has 0 bridgehead atoms. The number of hydrogen-bond donors (Lipinski definition) is 1. The van der Waals surface area contributed by atoms with Crippen molar-refractivity contribution in [1.82, 2.24) is 4.90 Å². The largest absolute Gasteiger partial charge is 0.416 e. The van der Waals surface area contributed by atoms with Crippen molar-refractivity contribution in [3.63, 3.8) is 0 Å². The Morgan fingerprint density at radius 3 is 2.50 bits per heavy atom. The Hall–Kier alpha value is -1.56. The maximum Gasteiger partial charge on any atom is 0.416 e. The maximum absolute atomic E-state index is 12.9. The summed E-state index contributed by atoms with van der Waals surface area (Å²) >= 11 is 0. The fourth-order valence-corrected chi connectivity index (χ4v) is 2.15. The van der Waals surface area contributed by atoms with Crippen molar-refractivity contribution in [2.24, 2.45) is 5.73 Å². The molecule has 110 valence electrons. The van der Waals surface area contributed by atoms with Gasteiger partial charge in [0.25, 0.3) is 0 Å². The highest BCUT2D eigenvalue weighted by Crippen LogP contribution is 2.34. The standard InChI is InChI=1S/C14H17F3N2O/c1-9(18)13(20)19(11-6-7-11)8-10-4-2-3-5-12(10)14(15,16)17/h2-5,9,11H,6-8,18H2,1H3/t9-/m1/s1. The summed E-state index contributed by atoms with van der Waals surface area (Å²) in [6.07, 6.45) is -2.76. The monoisotopic (exact) mass is 286 g/mol. The predicted molar refractivity (Wildman–Crippen MR) is 68.7 cm³/mol. The van der Waals surface area contributed by atoms with E-state index in [0.29, 0.717) is 0 Å². The normalized spacial score (nSPS) is 16.9. The van der Waals surface area contributed by atoms with Gasteiger partial charge in [-0.2, -0.15) is 13.2 Å². The van der Waals surface area contributed by atoms with Gasteiger partial charge in [0.1, 0.15) is 0 Å². The summed E-state index contributed by atoms with van der Waals surface area (Å²) in [5.74, 6) is -0.301. The molecule has 3 nitrogen and oxygen atoms in total. The Morgan fingerprint density at radius 2 is 2.00 bits per heavy atom. The van der Waals surface area contributed by atoms with Gasteiger partial charge >= 0.3 is 6.18 Å². The Kier molecular flexibility index (Phi) is 4.04. The topological polar surface area (TPSA) is 46.3 Å². The molecule has 1 fully saturated rings. The molecule has 0 aliphatic heterocycles. The average molecular weight is 286 g/mol. The van der Waals surface area contributed by atoms with Crippen LogP contribution in [-0.2, 0) is 17.5 Å². The molecule has 0 heterocycles. The molecule has 0 saturated heterocycles.